The number of carbonyl (C=O) groups is 4. The Morgan fingerprint density at radius 2 is 1.56 bits per heavy atom. The molecule has 0 aliphatic carbocycles. The van der Waals surface area contributed by atoms with Crippen molar-refractivity contribution < 1.29 is 28.7 Å². The number of likely N-dealkylation sites (tertiary alicyclic amines) is 1. The molecule has 4 amide bonds. The number of nitrogens with one attached hydrogen (secondary N) is 4. The fraction of sp³-hybridized carbons (Fsp3) is 0.333. The zero-order valence-corrected chi connectivity index (χ0v) is 35.8. The molecule has 16 heteroatoms. The largest absolute Gasteiger partial charge is 0.453 e. The topological polar surface area (TPSA) is 175 Å². The molecular formula is C45H46N8O6S2. The molecule has 4 atom stereocenters. The van der Waals surface area contributed by atoms with Gasteiger partial charge in [0.1, 0.15) is 30.3 Å². The van der Waals surface area contributed by atoms with Gasteiger partial charge in [-0.15, -0.1) is 23.1 Å². The second-order valence-electron chi connectivity index (χ2n) is 15.8. The number of aromatic nitrogens is 4. The van der Waals surface area contributed by atoms with Crippen LogP contribution in [0.4, 0.5) is 9.59 Å². The Labute approximate surface area is 360 Å². The molecule has 3 aromatic carbocycles. The zero-order chi connectivity index (χ0) is 42.4. The zero-order valence-electron chi connectivity index (χ0n) is 34.2. The normalized spacial score (nSPS) is 18.9. The van der Waals surface area contributed by atoms with Crippen molar-refractivity contribution in [2.24, 2.45) is 5.92 Å². The van der Waals surface area contributed by atoms with Crippen LogP contribution >= 0.6 is 23.1 Å². The molecule has 3 aliphatic heterocycles. The first-order valence-corrected chi connectivity index (χ1v) is 22.2. The van der Waals surface area contributed by atoms with Crippen LogP contribution in [0.25, 0.3) is 44.3 Å². The van der Waals surface area contributed by atoms with Gasteiger partial charge >= 0.3 is 12.2 Å². The Bertz CT molecular complexity index is 2690. The molecule has 3 aliphatic rings. The van der Waals surface area contributed by atoms with Gasteiger partial charge in [0.05, 0.1) is 42.3 Å². The van der Waals surface area contributed by atoms with Gasteiger partial charge in [-0.25, -0.2) is 19.6 Å². The van der Waals surface area contributed by atoms with E-state index in [1.807, 2.05) is 60.1 Å². The summed E-state index contributed by atoms with van der Waals surface area (Å²) in [6, 6.07) is 20.1. The monoisotopic (exact) mass is 858 g/mol. The number of imidazole rings is 2. The maximum Gasteiger partial charge on any atom is 0.407 e. The number of carbonyl (C=O) groups excluding carboxylic acids is 4. The van der Waals surface area contributed by atoms with E-state index < -0.39 is 18.2 Å². The Hall–Kier alpha value is -6.13. The number of hydrogen-bond acceptors (Lipinski definition) is 10. The average molecular weight is 859 g/mol. The molecule has 1 saturated heterocycles. The van der Waals surface area contributed by atoms with Crippen molar-refractivity contribution in [1.29, 1.82) is 0 Å². The lowest BCUT2D eigenvalue weighted by molar-refractivity contribution is -0.135. The molecular weight excluding hydrogens is 813 g/mol. The fourth-order valence-corrected chi connectivity index (χ4v) is 11.5. The van der Waals surface area contributed by atoms with Gasteiger partial charge in [-0.05, 0) is 65.3 Å². The number of H-pyrrole nitrogens is 2. The Kier molecular flexibility index (Phi) is 11.0. The molecule has 6 aromatic rings. The standard InChI is InChI=1S/C45H46N8O6S2/c1-24(2)38(51-45(57)59-4)43(55)53-18-6-8-36(53)42-48-32-16-14-28(20-34(32)50-42)30-23-61-39-29(22-60-40(30)39)26-11-9-25(10-12-26)27-13-15-31-33(19-27)49-41(47-31)35-7-5-17-52(35)37(54)21-46-44(56)58-3/h5,7,9-16,19-20,23-24,29,35-36,38H,6,8,17-18,21-22H2,1-4H3,(H,46,56)(H,47,49)(H,48,50)(H,51,57). The van der Waals surface area contributed by atoms with Gasteiger partial charge in [0.25, 0.3) is 0 Å². The van der Waals surface area contributed by atoms with Crippen LogP contribution in [0.1, 0.15) is 66.8 Å². The number of fused-ring (bicyclic) bond motifs is 3. The molecule has 0 radical (unpaired) electrons. The second-order valence-corrected chi connectivity index (χ2v) is 17.8. The molecule has 0 saturated carbocycles. The highest BCUT2D eigenvalue weighted by atomic mass is 32.2. The smallest absolute Gasteiger partial charge is 0.407 e. The van der Waals surface area contributed by atoms with Crippen LogP contribution in [-0.2, 0) is 19.1 Å². The summed E-state index contributed by atoms with van der Waals surface area (Å²) in [5.74, 6) is 2.22. The Morgan fingerprint density at radius 3 is 2.30 bits per heavy atom. The second kappa shape index (κ2) is 16.7. The summed E-state index contributed by atoms with van der Waals surface area (Å²) in [5, 5.41) is 7.45. The summed E-state index contributed by atoms with van der Waals surface area (Å²) in [6.07, 6.45) is 4.25. The van der Waals surface area contributed by atoms with E-state index in [1.165, 1.54) is 35.1 Å². The van der Waals surface area contributed by atoms with Gasteiger partial charge in [0, 0.05) is 45.5 Å². The molecule has 4 N–H and O–H groups in total. The van der Waals surface area contributed by atoms with Gasteiger partial charge in [-0.3, -0.25) is 9.59 Å². The summed E-state index contributed by atoms with van der Waals surface area (Å²) in [5.41, 5.74) is 9.25. The van der Waals surface area contributed by atoms with E-state index in [2.05, 4.69) is 85.3 Å². The lowest BCUT2D eigenvalue weighted by Crippen LogP contribution is -2.51. The molecule has 4 unspecified atom stereocenters. The van der Waals surface area contributed by atoms with Crippen LogP contribution in [0, 0.1) is 5.92 Å². The highest BCUT2D eigenvalue weighted by Crippen LogP contribution is 2.51. The van der Waals surface area contributed by atoms with Gasteiger partial charge in [-0.2, -0.15) is 0 Å². The maximum absolute atomic E-state index is 13.7. The van der Waals surface area contributed by atoms with Gasteiger partial charge in [0.15, 0.2) is 0 Å². The number of methoxy groups -OCH3 is 2. The predicted octanol–water partition coefficient (Wildman–Crippen LogP) is 7.91. The summed E-state index contributed by atoms with van der Waals surface area (Å²) in [4.78, 5) is 73.0. The van der Waals surface area contributed by atoms with E-state index in [0.29, 0.717) is 18.9 Å². The molecule has 3 aromatic heterocycles. The molecule has 9 rings (SSSR count). The van der Waals surface area contributed by atoms with Crippen LogP contribution in [0.2, 0.25) is 0 Å². The number of benzene rings is 3. The van der Waals surface area contributed by atoms with Gasteiger partial charge in [-0.1, -0.05) is 62.4 Å². The minimum atomic E-state index is -0.685. The quantitative estimate of drug-likeness (QED) is 0.0999. The Morgan fingerprint density at radius 1 is 0.869 bits per heavy atom. The van der Waals surface area contributed by atoms with E-state index in [9.17, 15) is 19.2 Å². The van der Waals surface area contributed by atoms with E-state index >= 15 is 0 Å². The third-order valence-corrected chi connectivity index (χ3v) is 14.3. The van der Waals surface area contributed by atoms with Crippen molar-refractivity contribution >= 4 is 69.2 Å². The molecule has 0 bridgehead atoms. The third kappa shape index (κ3) is 7.74. The van der Waals surface area contributed by atoms with Gasteiger partial charge in [0.2, 0.25) is 11.8 Å². The number of aromatic amines is 2. The van der Waals surface area contributed by atoms with Gasteiger partial charge < -0.3 is 39.9 Å². The minimum absolute atomic E-state index is 0.102. The number of alkyl carbamates (subject to hydrolysis) is 2. The summed E-state index contributed by atoms with van der Waals surface area (Å²) in [7, 11) is 2.56. The molecule has 14 nitrogen and oxygen atoms in total. The van der Waals surface area contributed by atoms with Crippen LogP contribution in [0.15, 0.2) is 83.1 Å². The average Bonchev–Trinajstić information content (AvgIpc) is 4.13. The molecule has 314 valence electrons. The molecule has 0 spiro atoms. The van der Waals surface area contributed by atoms with Crippen LogP contribution in [0.3, 0.4) is 0 Å². The first kappa shape index (κ1) is 40.3. The number of hydrogen-bond donors (Lipinski definition) is 4. The lowest BCUT2D eigenvalue weighted by atomic mass is 9.95. The first-order chi connectivity index (χ1) is 29.6. The number of ether oxygens (including phenoxy) is 2. The number of nitrogens with zero attached hydrogens (tertiary/aromatic N) is 4. The van der Waals surface area contributed by atoms with Crippen LogP contribution < -0.4 is 10.6 Å². The SMILES string of the molecule is COC(=O)NCC(=O)N1CC=CC1c1nc2ccc(-c3ccc(C4CSc5c(-c6ccc7nc(C8CCCN8C(=O)C(NC(=O)OC)C(C)C)[nH]c7c6)csc54)cc3)cc2[nH]1. The van der Waals surface area contributed by atoms with Crippen molar-refractivity contribution in [2.75, 3.05) is 39.6 Å². The van der Waals surface area contributed by atoms with Crippen molar-refractivity contribution in [3.05, 3.63) is 100 Å². The van der Waals surface area contributed by atoms with Crippen molar-refractivity contribution in [3.63, 3.8) is 0 Å². The van der Waals surface area contributed by atoms with Crippen LogP contribution in [0.5, 0.6) is 0 Å². The maximum atomic E-state index is 13.7. The summed E-state index contributed by atoms with van der Waals surface area (Å²) >= 11 is 3.71. The van der Waals surface area contributed by atoms with Crippen molar-refractivity contribution in [3.8, 4) is 22.3 Å². The van der Waals surface area contributed by atoms with E-state index in [1.54, 1.807) is 4.90 Å². The van der Waals surface area contributed by atoms with E-state index in [0.717, 1.165) is 63.2 Å². The summed E-state index contributed by atoms with van der Waals surface area (Å²) < 4.78 is 9.39. The number of rotatable bonds is 10. The molecule has 6 heterocycles. The Balaban J connectivity index is 0.890. The lowest BCUT2D eigenvalue weighted by Gasteiger charge is -2.29. The van der Waals surface area contributed by atoms with Crippen molar-refractivity contribution in [2.45, 2.75) is 55.6 Å². The predicted molar refractivity (Wildman–Crippen MR) is 235 cm³/mol. The highest BCUT2D eigenvalue weighted by Gasteiger charge is 2.38. The first-order valence-electron chi connectivity index (χ1n) is 20.4. The molecule has 61 heavy (non-hydrogen) atoms. The van der Waals surface area contributed by atoms with Crippen LogP contribution in [-0.4, -0.2) is 99.4 Å². The summed E-state index contributed by atoms with van der Waals surface area (Å²) in [6.45, 7) is 4.71. The number of thioether (sulfide) groups is 1. The number of amides is 4. The third-order valence-electron chi connectivity index (χ3n) is 11.8. The highest BCUT2D eigenvalue weighted by molar-refractivity contribution is 8.00. The number of thiophene rings is 1. The van der Waals surface area contributed by atoms with E-state index in [4.69, 9.17) is 14.7 Å². The minimum Gasteiger partial charge on any atom is -0.453 e. The van der Waals surface area contributed by atoms with E-state index in [-0.39, 0.29) is 42.3 Å². The van der Waals surface area contributed by atoms with Crippen molar-refractivity contribution in [1.82, 2.24) is 40.4 Å². The molecule has 1 fully saturated rings. The fourth-order valence-electron chi connectivity index (χ4n) is 8.58.